The van der Waals surface area contributed by atoms with Crippen LogP contribution in [0.1, 0.15) is 6.92 Å². The molecule has 0 amide bonds. The first kappa shape index (κ1) is 16.6. The van der Waals surface area contributed by atoms with E-state index in [1.54, 1.807) is 13.2 Å². The Hall–Kier alpha value is -0.440. The second-order valence-electron chi connectivity index (χ2n) is 4.26. The highest BCUT2D eigenvalue weighted by atomic mass is 127. The quantitative estimate of drug-likeness (QED) is 0.677. The molecule has 0 aliphatic carbocycles. The molecule has 0 saturated carbocycles. The number of ether oxygens (including phenoxy) is 2. The predicted molar refractivity (Wildman–Crippen MR) is 80.9 cm³/mol. The van der Waals surface area contributed by atoms with Crippen molar-refractivity contribution < 1.29 is 19.0 Å². The van der Waals surface area contributed by atoms with Gasteiger partial charge in [0.05, 0.1) is 25.4 Å². The summed E-state index contributed by atoms with van der Waals surface area (Å²) in [5, 5.41) is 12.8. The van der Waals surface area contributed by atoms with Gasteiger partial charge in [0.15, 0.2) is 0 Å². The summed E-state index contributed by atoms with van der Waals surface area (Å²) in [5.74, 6) is -0.271. The first-order chi connectivity index (χ1) is 9.02. The minimum absolute atomic E-state index is 0.0504. The summed E-state index contributed by atoms with van der Waals surface area (Å²) in [7, 11) is 1.61. The molecule has 0 aliphatic rings. The summed E-state index contributed by atoms with van der Waals surface area (Å²) in [6.07, 6.45) is -0.675. The molecule has 19 heavy (non-hydrogen) atoms. The molecule has 0 bridgehead atoms. The Kier molecular flexibility index (Phi) is 7.59. The first-order valence-corrected chi connectivity index (χ1v) is 7.08. The standard InChI is InChI=1S/C13H19FINO3/c1-9(7-18-2)19-8-11(17)6-16-13-4-3-10(14)5-12(13)15/h3-5,9,11,16-17H,6-8H2,1-2H3. The fourth-order valence-electron chi connectivity index (χ4n) is 1.48. The van der Waals surface area contributed by atoms with Gasteiger partial charge in [-0.05, 0) is 47.7 Å². The van der Waals surface area contributed by atoms with E-state index in [1.165, 1.54) is 12.1 Å². The summed E-state index contributed by atoms with van der Waals surface area (Å²) in [5.41, 5.74) is 0.797. The monoisotopic (exact) mass is 383 g/mol. The van der Waals surface area contributed by atoms with Crippen molar-refractivity contribution in [1.29, 1.82) is 0 Å². The predicted octanol–water partition coefficient (Wildman–Crippen LogP) is 2.25. The molecule has 2 unspecified atom stereocenters. The minimum Gasteiger partial charge on any atom is -0.389 e. The fourth-order valence-corrected chi connectivity index (χ4v) is 2.15. The van der Waals surface area contributed by atoms with Gasteiger partial charge < -0.3 is 19.9 Å². The maximum absolute atomic E-state index is 12.9. The number of aliphatic hydroxyl groups is 1. The lowest BCUT2D eigenvalue weighted by Gasteiger charge is -2.17. The summed E-state index contributed by atoms with van der Waals surface area (Å²) < 4.78 is 24.0. The van der Waals surface area contributed by atoms with Crippen LogP contribution < -0.4 is 5.32 Å². The molecule has 1 aromatic carbocycles. The average Bonchev–Trinajstić information content (AvgIpc) is 2.35. The van der Waals surface area contributed by atoms with Crippen molar-refractivity contribution in [3.8, 4) is 0 Å². The van der Waals surface area contributed by atoms with Crippen LogP contribution in [0.3, 0.4) is 0 Å². The third-order valence-corrected chi connectivity index (χ3v) is 3.33. The highest BCUT2D eigenvalue weighted by molar-refractivity contribution is 14.1. The van der Waals surface area contributed by atoms with Gasteiger partial charge in [-0.3, -0.25) is 0 Å². The van der Waals surface area contributed by atoms with Crippen molar-refractivity contribution >= 4 is 28.3 Å². The smallest absolute Gasteiger partial charge is 0.124 e. The van der Waals surface area contributed by atoms with Gasteiger partial charge >= 0.3 is 0 Å². The third-order valence-electron chi connectivity index (χ3n) is 2.43. The lowest BCUT2D eigenvalue weighted by molar-refractivity contribution is -0.0282. The molecule has 6 heteroatoms. The van der Waals surface area contributed by atoms with Gasteiger partial charge in [0.25, 0.3) is 0 Å². The molecule has 2 atom stereocenters. The summed E-state index contributed by atoms with van der Waals surface area (Å²) in [6, 6.07) is 4.47. The number of rotatable bonds is 8. The SMILES string of the molecule is COCC(C)OCC(O)CNc1ccc(F)cc1I. The van der Waals surface area contributed by atoms with Crippen molar-refractivity contribution in [2.45, 2.75) is 19.1 Å². The zero-order chi connectivity index (χ0) is 14.3. The molecule has 108 valence electrons. The average molecular weight is 383 g/mol. The highest BCUT2D eigenvalue weighted by Gasteiger charge is 2.09. The van der Waals surface area contributed by atoms with E-state index in [0.717, 1.165) is 9.26 Å². The lowest BCUT2D eigenvalue weighted by atomic mass is 10.3. The van der Waals surface area contributed by atoms with Crippen LogP contribution in [0.5, 0.6) is 0 Å². The van der Waals surface area contributed by atoms with E-state index in [9.17, 15) is 9.50 Å². The molecule has 1 rings (SSSR count). The maximum Gasteiger partial charge on any atom is 0.124 e. The van der Waals surface area contributed by atoms with Gasteiger partial charge in [-0.25, -0.2) is 4.39 Å². The zero-order valence-corrected chi connectivity index (χ0v) is 13.2. The molecule has 0 saturated heterocycles. The molecule has 1 aromatic rings. The molecule has 0 radical (unpaired) electrons. The van der Waals surface area contributed by atoms with Crippen LogP contribution in [-0.4, -0.2) is 44.2 Å². The van der Waals surface area contributed by atoms with Crippen molar-refractivity contribution in [2.24, 2.45) is 0 Å². The van der Waals surface area contributed by atoms with Crippen LogP contribution >= 0.6 is 22.6 Å². The van der Waals surface area contributed by atoms with Crippen molar-refractivity contribution in [1.82, 2.24) is 0 Å². The first-order valence-electron chi connectivity index (χ1n) is 6.00. The number of anilines is 1. The number of nitrogens with one attached hydrogen (secondary N) is 1. The Morgan fingerprint density at radius 3 is 2.79 bits per heavy atom. The number of benzene rings is 1. The van der Waals surface area contributed by atoms with Gasteiger partial charge in [-0.2, -0.15) is 0 Å². The Morgan fingerprint density at radius 2 is 2.16 bits per heavy atom. The van der Waals surface area contributed by atoms with Crippen molar-refractivity contribution in [2.75, 3.05) is 32.2 Å². The number of methoxy groups -OCH3 is 1. The van der Waals surface area contributed by atoms with Crippen LogP contribution in [0.2, 0.25) is 0 Å². The molecule has 0 spiro atoms. The normalized spacial score (nSPS) is 14.2. The van der Waals surface area contributed by atoms with E-state index < -0.39 is 6.10 Å². The van der Waals surface area contributed by atoms with Crippen LogP contribution in [0.4, 0.5) is 10.1 Å². The molecule has 2 N–H and O–H groups in total. The second kappa shape index (κ2) is 8.68. The topological polar surface area (TPSA) is 50.7 Å². The molecule has 0 aliphatic heterocycles. The Balaban J connectivity index is 2.31. The van der Waals surface area contributed by atoms with E-state index in [-0.39, 0.29) is 18.5 Å². The molecule has 4 nitrogen and oxygen atoms in total. The van der Waals surface area contributed by atoms with E-state index in [4.69, 9.17) is 9.47 Å². The zero-order valence-electron chi connectivity index (χ0n) is 11.0. The highest BCUT2D eigenvalue weighted by Crippen LogP contribution is 2.18. The Bertz CT molecular complexity index is 392. The third kappa shape index (κ3) is 6.51. The molecular formula is C13H19FINO3. The Labute approximate surface area is 126 Å². The van der Waals surface area contributed by atoms with Crippen molar-refractivity contribution in [3.63, 3.8) is 0 Å². The van der Waals surface area contributed by atoms with Gasteiger partial charge in [0.2, 0.25) is 0 Å². The summed E-state index contributed by atoms with van der Waals surface area (Å²) in [4.78, 5) is 0. The minimum atomic E-state index is -0.625. The van der Waals surface area contributed by atoms with Crippen LogP contribution in [0.25, 0.3) is 0 Å². The number of hydrogen-bond acceptors (Lipinski definition) is 4. The van der Waals surface area contributed by atoms with Crippen LogP contribution in [0.15, 0.2) is 18.2 Å². The summed E-state index contributed by atoms with van der Waals surface area (Å²) >= 11 is 2.04. The second-order valence-corrected chi connectivity index (χ2v) is 5.42. The van der Waals surface area contributed by atoms with Crippen LogP contribution in [0, 0.1) is 9.39 Å². The molecular weight excluding hydrogens is 364 g/mol. The van der Waals surface area contributed by atoms with Gasteiger partial charge in [0, 0.05) is 22.9 Å². The number of aliphatic hydroxyl groups excluding tert-OH is 1. The number of halogens is 2. The van der Waals surface area contributed by atoms with E-state index >= 15 is 0 Å². The lowest BCUT2D eigenvalue weighted by Crippen LogP contribution is -2.28. The van der Waals surface area contributed by atoms with Crippen molar-refractivity contribution in [3.05, 3.63) is 27.6 Å². The van der Waals surface area contributed by atoms with E-state index in [1.807, 2.05) is 29.5 Å². The fraction of sp³-hybridized carbons (Fsp3) is 0.538. The van der Waals surface area contributed by atoms with Gasteiger partial charge in [0.1, 0.15) is 5.82 Å². The van der Waals surface area contributed by atoms with E-state index in [2.05, 4.69) is 5.32 Å². The number of hydrogen-bond donors (Lipinski definition) is 2. The molecule has 0 fully saturated rings. The summed E-state index contributed by atoms with van der Waals surface area (Å²) in [6.45, 7) is 2.96. The molecule has 0 heterocycles. The maximum atomic E-state index is 12.9. The van der Waals surface area contributed by atoms with Crippen LogP contribution in [-0.2, 0) is 9.47 Å². The van der Waals surface area contributed by atoms with E-state index in [0.29, 0.717) is 13.2 Å². The van der Waals surface area contributed by atoms with Gasteiger partial charge in [-0.15, -0.1) is 0 Å². The van der Waals surface area contributed by atoms with Gasteiger partial charge in [-0.1, -0.05) is 0 Å². The Morgan fingerprint density at radius 1 is 1.42 bits per heavy atom. The largest absolute Gasteiger partial charge is 0.389 e. The molecule has 0 aromatic heterocycles.